The number of benzene rings is 1. The fraction of sp³-hybridized carbons (Fsp3) is 0.381. The largest absolute Gasteiger partial charge is 0.416 e. The van der Waals surface area contributed by atoms with Crippen LogP contribution in [0.15, 0.2) is 36.7 Å². The topological polar surface area (TPSA) is 59.8 Å². The molecule has 5 nitrogen and oxygen atoms in total. The Kier molecular flexibility index (Phi) is 6.12. The Bertz CT molecular complexity index is 1110. The summed E-state index contributed by atoms with van der Waals surface area (Å²) < 4.78 is 40.9. The van der Waals surface area contributed by atoms with E-state index in [-0.39, 0.29) is 21.9 Å². The average molecular weight is 471 g/mol. The third-order valence-corrected chi connectivity index (χ3v) is 6.16. The van der Waals surface area contributed by atoms with Gasteiger partial charge in [-0.05, 0) is 67.5 Å². The minimum Gasteiger partial charge on any atom is -0.349 e. The van der Waals surface area contributed by atoms with Crippen molar-refractivity contribution in [2.24, 2.45) is 5.92 Å². The highest BCUT2D eigenvalue weighted by atomic mass is 35.5. The van der Waals surface area contributed by atoms with Gasteiger partial charge in [0.25, 0.3) is 5.91 Å². The third kappa shape index (κ3) is 4.96. The molecule has 2 aromatic heterocycles. The van der Waals surface area contributed by atoms with Crippen LogP contribution < -0.4 is 5.32 Å². The first-order valence-corrected chi connectivity index (χ1v) is 10.6. The van der Waals surface area contributed by atoms with Gasteiger partial charge in [-0.2, -0.15) is 18.2 Å². The molecule has 0 saturated heterocycles. The van der Waals surface area contributed by atoms with Crippen molar-refractivity contribution in [1.82, 2.24) is 19.9 Å². The molecule has 4 rings (SSSR count). The van der Waals surface area contributed by atoms with Gasteiger partial charge in [-0.1, -0.05) is 11.6 Å². The van der Waals surface area contributed by atoms with Crippen molar-refractivity contribution < 1.29 is 18.0 Å². The maximum atomic E-state index is 12.9. The standard InChI is InChI=1S/C21H19Cl2F3N4O/c22-17-6-3-14(21(24,25)26)9-16(17)19(31)28-15-4-1-12(2-5-15)11-30-8-7-13-10-27-20(23)29-18(13)30/h3,6-10,12,15H,1-2,4-5,11H2,(H,28,31)/t12-,15-. The zero-order chi connectivity index (χ0) is 22.2. The number of carbonyl (C=O) groups excluding carboxylic acids is 1. The number of amides is 1. The first kappa shape index (κ1) is 21.9. The van der Waals surface area contributed by atoms with E-state index in [2.05, 4.69) is 19.9 Å². The van der Waals surface area contributed by atoms with E-state index in [1.807, 2.05) is 12.3 Å². The van der Waals surface area contributed by atoms with E-state index in [9.17, 15) is 18.0 Å². The highest BCUT2D eigenvalue weighted by Gasteiger charge is 2.32. The molecule has 1 N–H and O–H groups in total. The smallest absolute Gasteiger partial charge is 0.349 e. The fourth-order valence-electron chi connectivity index (χ4n) is 4.00. The number of carbonyl (C=O) groups is 1. The summed E-state index contributed by atoms with van der Waals surface area (Å²) in [6.07, 6.45) is 2.34. The van der Waals surface area contributed by atoms with Gasteiger partial charge in [0.05, 0.1) is 16.1 Å². The summed E-state index contributed by atoms with van der Waals surface area (Å²) in [5.74, 6) is -0.183. The van der Waals surface area contributed by atoms with Crippen molar-refractivity contribution >= 4 is 40.1 Å². The Balaban J connectivity index is 1.36. The van der Waals surface area contributed by atoms with Crippen LogP contribution in [0.3, 0.4) is 0 Å². The summed E-state index contributed by atoms with van der Waals surface area (Å²) in [6, 6.07) is 4.61. The summed E-state index contributed by atoms with van der Waals surface area (Å²) in [5.41, 5.74) is -0.266. The summed E-state index contributed by atoms with van der Waals surface area (Å²) in [4.78, 5) is 20.8. The number of fused-ring (bicyclic) bond motifs is 1. The summed E-state index contributed by atoms with van der Waals surface area (Å²) >= 11 is 11.9. The monoisotopic (exact) mass is 470 g/mol. The molecular weight excluding hydrogens is 452 g/mol. The molecule has 0 radical (unpaired) electrons. The van der Waals surface area contributed by atoms with Gasteiger partial charge >= 0.3 is 6.18 Å². The van der Waals surface area contributed by atoms with Gasteiger partial charge in [-0.15, -0.1) is 0 Å². The second-order valence-electron chi connectivity index (χ2n) is 7.77. The first-order valence-electron chi connectivity index (χ1n) is 9.85. The Morgan fingerprint density at radius 3 is 2.61 bits per heavy atom. The maximum absolute atomic E-state index is 12.9. The Hall–Kier alpha value is -2.32. The summed E-state index contributed by atoms with van der Waals surface area (Å²) in [7, 11) is 0. The van der Waals surface area contributed by atoms with Crippen LogP contribution >= 0.6 is 23.2 Å². The number of nitrogens with zero attached hydrogens (tertiary/aromatic N) is 3. The van der Waals surface area contributed by atoms with Crippen molar-refractivity contribution in [3.05, 3.63) is 58.1 Å². The van der Waals surface area contributed by atoms with Gasteiger partial charge in [0.2, 0.25) is 5.28 Å². The lowest BCUT2D eigenvalue weighted by molar-refractivity contribution is -0.137. The molecule has 3 aromatic rings. The molecule has 2 heterocycles. The molecule has 164 valence electrons. The second kappa shape index (κ2) is 8.67. The fourth-order valence-corrected chi connectivity index (χ4v) is 4.34. The van der Waals surface area contributed by atoms with Crippen LogP contribution in [-0.2, 0) is 12.7 Å². The first-order chi connectivity index (χ1) is 14.7. The highest BCUT2D eigenvalue weighted by molar-refractivity contribution is 6.33. The van der Waals surface area contributed by atoms with Crippen LogP contribution in [0.25, 0.3) is 11.0 Å². The average Bonchev–Trinajstić information content (AvgIpc) is 3.10. The molecule has 0 bridgehead atoms. The zero-order valence-electron chi connectivity index (χ0n) is 16.3. The van der Waals surface area contributed by atoms with Gasteiger partial charge in [0.1, 0.15) is 5.65 Å². The molecule has 0 unspecified atom stereocenters. The predicted octanol–water partition coefficient (Wildman–Crippen LogP) is 5.75. The zero-order valence-corrected chi connectivity index (χ0v) is 17.8. The van der Waals surface area contributed by atoms with E-state index in [0.29, 0.717) is 5.92 Å². The lowest BCUT2D eigenvalue weighted by atomic mass is 9.86. The molecule has 0 aliphatic heterocycles. The minimum absolute atomic E-state index is 0.000627. The van der Waals surface area contributed by atoms with Crippen molar-refractivity contribution in [3.8, 4) is 0 Å². The van der Waals surface area contributed by atoms with E-state index < -0.39 is 17.6 Å². The summed E-state index contributed by atoms with van der Waals surface area (Å²) in [5, 5.41) is 3.96. The van der Waals surface area contributed by atoms with Gasteiger partial charge in [-0.25, -0.2) is 4.98 Å². The second-order valence-corrected chi connectivity index (χ2v) is 8.51. The lowest BCUT2D eigenvalue weighted by Gasteiger charge is -2.29. The lowest BCUT2D eigenvalue weighted by Crippen LogP contribution is -2.38. The Labute approximate surface area is 186 Å². The van der Waals surface area contributed by atoms with Crippen LogP contribution in [0.4, 0.5) is 13.2 Å². The molecular formula is C21H19Cl2F3N4O. The number of alkyl halides is 3. The van der Waals surface area contributed by atoms with E-state index >= 15 is 0 Å². The number of hydrogen-bond acceptors (Lipinski definition) is 3. The molecule has 1 aliphatic rings. The Morgan fingerprint density at radius 2 is 1.90 bits per heavy atom. The van der Waals surface area contributed by atoms with E-state index in [0.717, 1.165) is 61.5 Å². The van der Waals surface area contributed by atoms with Crippen molar-refractivity contribution in [1.29, 1.82) is 0 Å². The van der Waals surface area contributed by atoms with E-state index in [4.69, 9.17) is 23.2 Å². The number of aromatic nitrogens is 3. The van der Waals surface area contributed by atoms with Crippen LogP contribution in [0, 0.1) is 5.92 Å². The number of halogens is 5. The van der Waals surface area contributed by atoms with Crippen molar-refractivity contribution in [2.45, 2.75) is 44.4 Å². The highest BCUT2D eigenvalue weighted by Crippen LogP contribution is 2.32. The molecule has 31 heavy (non-hydrogen) atoms. The quantitative estimate of drug-likeness (QED) is 0.494. The molecule has 0 atom stereocenters. The minimum atomic E-state index is -4.53. The number of hydrogen-bond donors (Lipinski definition) is 1. The predicted molar refractivity (Wildman–Crippen MR) is 112 cm³/mol. The number of rotatable bonds is 4. The third-order valence-electron chi connectivity index (χ3n) is 5.65. The van der Waals surface area contributed by atoms with Crippen LogP contribution in [0.2, 0.25) is 10.3 Å². The normalized spacial score (nSPS) is 19.5. The van der Waals surface area contributed by atoms with Gasteiger partial charge in [-0.3, -0.25) is 4.79 Å². The Morgan fingerprint density at radius 1 is 1.16 bits per heavy atom. The van der Waals surface area contributed by atoms with Crippen molar-refractivity contribution in [3.63, 3.8) is 0 Å². The van der Waals surface area contributed by atoms with Gasteiger partial charge in [0, 0.05) is 30.4 Å². The molecule has 0 spiro atoms. The molecule has 1 amide bonds. The maximum Gasteiger partial charge on any atom is 0.416 e. The van der Waals surface area contributed by atoms with Gasteiger partial charge < -0.3 is 9.88 Å². The molecule has 1 aromatic carbocycles. The number of nitrogens with one attached hydrogen (secondary N) is 1. The summed E-state index contributed by atoms with van der Waals surface area (Å²) in [6.45, 7) is 0.775. The molecule has 1 aliphatic carbocycles. The van der Waals surface area contributed by atoms with E-state index in [1.165, 1.54) is 0 Å². The van der Waals surface area contributed by atoms with Crippen LogP contribution in [-0.4, -0.2) is 26.5 Å². The van der Waals surface area contributed by atoms with Crippen LogP contribution in [0.5, 0.6) is 0 Å². The van der Waals surface area contributed by atoms with E-state index in [1.54, 1.807) is 6.20 Å². The van der Waals surface area contributed by atoms with Crippen molar-refractivity contribution in [2.75, 3.05) is 0 Å². The molecule has 1 fully saturated rings. The molecule has 10 heteroatoms. The molecule has 1 saturated carbocycles. The van der Waals surface area contributed by atoms with Gasteiger partial charge in [0.15, 0.2) is 0 Å². The van der Waals surface area contributed by atoms with Crippen LogP contribution in [0.1, 0.15) is 41.6 Å². The SMILES string of the molecule is O=C(N[C@H]1CC[C@H](Cn2ccc3cnc(Cl)nc32)CC1)c1cc(C(F)(F)F)ccc1Cl.